The van der Waals surface area contributed by atoms with E-state index in [1.807, 2.05) is 60.7 Å². The van der Waals surface area contributed by atoms with Crippen molar-refractivity contribution in [2.24, 2.45) is 0 Å². The maximum absolute atomic E-state index is 14.6. The van der Waals surface area contributed by atoms with Gasteiger partial charge in [0, 0.05) is 59.4 Å². The number of aromatic nitrogens is 4. The van der Waals surface area contributed by atoms with E-state index in [4.69, 9.17) is 14.6 Å². The first-order chi connectivity index (χ1) is 26.6. The summed E-state index contributed by atoms with van der Waals surface area (Å²) in [5.41, 5.74) is 9.98. The number of amides is 2. The highest BCUT2D eigenvalue weighted by atomic mass is 32.2. The molecule has 1 saturated carbocycles. The van der Waals surface area contributed by atoms with Gasteiger partial charge < -0.3 is 18.9 Å². The van der Waals surface area contributed by atoms with Crippen molar-refractivity contribution in [2.45, 2.75) is 90.5 Å². The van der Waals surface area contributed by atoms with Crippen LogP contribution in [0.4, 0.5) is 0 Å². The number of hydrogen-bond donors (Lipinski definition) is 1. The second-order valence-corrected chi connectivity index (χ2v) is 16.4. The van der Waals surface area contributed by atoms with Crippen molar-refractivity contribution in [1.29, 1.82) is 0 Å². The lowest BCUT2D eigenvalue weighted by Crippen LogP contribution is -2.37. The second kappa shape index (κ2) is 16.5. The Morgan fingerprint density at radius 1 is 1.02 bits per heavy atom. The normalized spacial score (nSPS) is 14.9. The van der Waals surface area contributed by atoms with E-state index in [1.54, 1.807) is 26.6 Å². The lowest BCUT2D eigenvalue weighted by molar-refractivity contribution is 0.0551. The van der Waals surface area contributed by atoms with Crippen molar-refractivity contribution in [2.75, 3.05) is 27.3 Å². The van der Waals surface area contributed by atoms with Gasteiger partial charge in [-0.15, -0.1) is 0 Å². The van der Waals surface area contributed by atoms with Gasteiger partial charge in [-0.25, -0.2) is 4.68 Å². The minimum Gasteiger partial charge on any atom is -0.497 e. The van der Waals surface area contributed by atoms with Gasteiger partial charge in [0.2, 0.25) is 0 Å². The van der Waals surface area contributed by atoms with Gasteiger partial charge in [0.1, 0.15) is 5.75 Å². The second-order valence-electron chi connectivity index (χ2n) is 15.0. The van der Waals surface area contributed by atoms with Crippen LogP contribution in [0.3, 0.4) is 0 Å². The monoisotopic (exact) mass is 760 g/mol. The standard InChI is InChI=1S/C44H52N6O4S/c1-8-48(25-29(5)53-6)44(52)38-24-46-50(34-18-19-45-28(4)20-34)41(38)33-21-32-22-35(54-7)15-17-36(32)42-40(30-12-10-9-11-13-30)37-16-14-31(23-39(37)49(42)26-33)43(51)47-55-27(2)3/h14-24,27,29-30H,8-13,25-26H2,1-7H3,(H,47,51)/t29-/m1/s1. The summed E-state index contributed by atoms with van der Waals surface area (Å²) in [4.78, 5) is 34.5. The molecule has 0 spiro atoms. The summed E-state index contributed by atoms with van der Waals surface area (Å²) in [7, 11) is 3.36. The van der Waals surface area contributed by atoms with E-state index in [0.717, 1.165) is 57.9 Å². The smallest absolute Gasteiger partial charge is 0.261 e. The fraction of sp³-hybridized carbons (Fsp3) is 0.409. The van der Waals surface area contributed by atoms with Crippen LogP contribution in [0.1, 0.15) is 109 Å². The number of benzene rings is 2. The number of carbonyl (C=O) groups excluding carboxylic acids is 2. The van der Waals surface area contributed by atoms with Gasteiger partial charge in [-0.2, -0.15) is 5.10 Å². The van der Waals surface area contributed by atoms with Crippen molar-refractivity contribution in [3.63, 3.8) is 0 Å². The number of methoxy groups -OCH3 is 2. The minimum absolute atomic E-state index is 0.114. The Hall–Kier alpha value is -4.87. The molecule has 11 heteroatoms. The first kappa shape index (κ1) is 38.4. The van der Waals surface area contributed by atoms with Gasteiger partial charge in [0.05, 0.1) is 48.6 Å². The zero-order valence-electron chi connectivity index (χ0n) is 33.0. The molecule has 1 aliphatic heterocycles. The number of likely N-dealkylation sites (N-methyl/N-ethyl adjacent to an activating group) is 1. The molecule has 2 aliphatic rings. The molecule has 0 radical (unpaired) electrons. The van der Waals surface area contributed by atoms with E-state index in [2.05, 4.69) is 52.4 Å². The predicted molar refractivity (Wildman–Crippen MR) is 222 cm³/mol. The third kappa shape index (κ3) is 7.69. The molecule has 2 aromatic carbocycles. The van der Waals surface area contributed by atoms with E-state index in [1.165, 1.54) is 42.2 Å². The molecular weight excluding hydrogens is 709 g/mol. The Morgan fingerprint density at radius 3 is 2.53 bits per heavy atom. The molecule has 10 nitrogen and oxygen atoms in total. The Balaban J connectivity index is 1.50. The van der Waals surface area contributed by atoms with Gasteiger partial charge in [0.15, 0.2) is 0 Å². The Labute approximate surface area is 328 Å². The van der Waals surface area contributed by atoms with Crippen molar-refractivity contribution in [3.8, 4) is 22.7 Å². The van der Waals surface area contributed by atoms with E-state index in [-0.39, 0.29) is 23.2 Å². The predicted octanol–water partition coefficient (Wildman–Crippen LogP) is 9.09. The minimum atomic E-state index is -0.140. The topological polar surface area (TPSA) is 104 Å². The molecule has 0 unspecified atom stereocenters. The zero-order valence-corrected chi connectivity index (χ0v) is 33.8. The van der Waals surface area contributed by atoms with Crippen molar-refractivity contribution >= 4 is 46.3 Å². The Morgan fingerprint density at radius 2 is 1.82 bits per heavy atom. The highest BCUT2D eigenvalue weighted by Gasteiger charge is 2.33. The van der Waals surface area contributed by atoms with Crippen molar-refractivity contribution in [1.82, 2.24) is 29.0 Å². The first-order valence-corrected chi connectivity index (χ1v) is 20.3. The highest BCUT2D eigenvalue weighted by molar-refractivity contribution is 7.98. The van der Waals surface area contributed by atoms with E-state index in [9.17, 15) is 9.59 Å². The van der Waals surface area contributed by atoms with Crippen molar-refractivity contribution < 1.29 is 19.1 Å². The number of hydrogen-bond acceptors (Lipinski definition) is 7. The summed E-state index contributed by atoms with van der Waals surface area (Å²) in [6.07, 6.45) is 11.4. The molecule has 2 amide bonds. The van der Waals surface area contributed by atoms with Crippen LogP contribution in [-0.2, 0) is 11.3 Å². The maximum Gasteiger partial charge on any atom is 0.261 e. The number of nitrogens with zero attached hydrogens (tertiary/aromatic N) is 5. The Kier molecular flexibility index (Phi) is 11.5. The van der Waals surface area contributed by atoms with E-state index >= 15 is 0 Å². The van der Waals surface area contributed by atoms with Crippen LogP contribution < -0.4 is 9.46 Å². The van der Waals surface area contributed by atoms with Crippen LogP contribution in [0.25, 0.3) is 39.5 Å². The largest absolute Gasteiger partial charge is 0.497 e. The molecule has 1 fully saturated rings. The van der Waals surface area contributed by atoms with Gasteiger partial charge in [-0.1, -0.05) is 39.2 Å². The molecule has 1 N–H and O–H groups in total. The number of ether oxygens (including phenoxy) is 2. The first-order valence-electron chi connectivity index (χ1n) is 19.5. The molecule has 1 aliphatic carbocycles. The average Bonchev–Trinajstić information content (AvgIpc) is 3.73. The summed E-state index contributed by atoms with van der Waals surface area (Å²) in [6, 6.07) is 16.4. The number of carbonyl (C=O) groups is 2. The number of nitrogens with one attached hydrogen (secondary N) is 1. The van der Waals surface area contributed by atoms with Crippen LogP contribution in [0.2, 0.25) is 0 Å². The van der Waals surface area contributed by atoms with Crippen LogP contribution in [0.5, 0.6) is 5.75 Å². The Bertz CT molecular complexity index is 2250. The summed E-state index contributed by atoms with van der Waals surface area (Å²) in [5, 5.41) is 6.33. The maximum atomic E-state index is 14.6. The SMILES string of the molecule is CCN(C[C@@H](C)OC)C(=O)c1cnn(-c2ccnc(C)c2)c1C1=Cc2cc(OC)ccc2-c2c(C3CCCCC3)c3ccc(C(=O)NSC(C)C)cc3n2C1. The fourth-order valence-corrected chi connectivity index (χ4v) is 8.60. The molecule has 3 aromatic heterocycles. The quantitative estimate of drug-likeness (QED) is 0.127. The van der Waals surface area contributed by atoms with Crippen LogP contribution in [-0.4, -0.2) is 74.7 Å². The third-order valence-electron chi connectivity index (χ3n) is 10.9. The van der Waals surface area contributed by atoms with Crippen LogP contribution >= 0.6 is 11.9 Å². The van der Waals surface area contributed by atoms with Crippen LogP contribution in [0.15, 0.2) is 60.9 Å². The molecule has 4 heterocycles. The summed E-state index contributed by atoms with van der Waals surface area (Å²) in [6.45, 7) is 11.4. The lowest BCUT2D eigenvalue weighted by atomic mass is 9.81. The molecule has 0 bridgehead atoms. The molecule has 1 atom stereocenters. The highest BCUT2D eigenvalue weighted by Crippen LogP contribution is 2.48. The molecular formula is C44H52N6O4S. The molecule has 55 heavy (non-hydrogen) atoms. The van der Waals surface area contributed by atoms with Crippen LogP contribution in [0, 0.1) is 6.92 Å². The van der Waals surface area contributed by atoms with Crippen molar-refractivity contribution in [3.05, 3.63) is 94.6 Å². The summed E-state index contributed by atoms with van der Waals surface area (Å²) < 4.78 is 18.7. The van der Waals surface area contributed by atoms with Gasteiger partial charge >= 0.3 is 0 Å². The average molecular weight is 761 g/mol. The number of pyridine rings is 1. The molecule has 0 saturated heterocycles. The molecule has 7 rings (SSSR count). The fourth-order valence-electron chi connectivity index (χ4n) is 8.14. The number of rotatable bonds is 12. The zero-order chi connectivity index (χ0) is 38.8. The summed E-state index contributed by atoms with van der Waals surface area (Å²) in [5.74, 6) is 0.897. The molecule has 288 valence electrons. The number of fused-ring (bicyclic) bond motifs is 5. The lowest BCUT2D eigenvalue weighted by Gasteiger charge is -2.24. The van der Waals surface area contributed by atoms with Gasteiger partial charge in [-0.05, 0) is 117 Å². The summed E-state index contributed by atoms with van der Waals surface area (Å²) >= 11 is 1.42. The van der Waals surface area contributed by atoms with E-state index in [0.29, 0.717) is 42.4 Å². The molecule has 5 aromatic rings. The third-order valence-corrected chi connectivity index (χ3v) is 11.7. The van der Waals surface area contributed by atoms with Gasteiger partial charge in [-0.3, -0.25) is 19.3 Å². The number of allylic oxidation sites excluding steroid dienone is 1. The number of aryl methyl sites for hydroxylation is 1. The van der Waals surface area contributed by atoms with Gasteiger partial charge in [0.25, 0.3) is 11.8 Å². The van der Waals surface area contributed by atoms with E-state index < -0.39 is 0 Å².